The molecule has 2 rings (SSSR count). The summed E-state index contributed by atoms with van der Waals surface area (Å²) >= 11 is 9.14. The van der Waals surface area contributed by atoms with Gasteiger partial charge in [0.2, 0.25) is 0 Å². The SMILES string of the molecule is Cc1cc(C(CCS)CCCC(CCS)c2cc(C)c(O)c(C(C)(C)C)c2)cc(C(C)(C)C)c1O. The van der Waals surface area contributed by atoms with Crippen molar-refractivity contribution in [1.29, 1.82) is 0 Å². The molecule has 2 unspecified atom stereocenters. The molecule has 0 spiro atoms. The molecule has 0 bridgehead atoms. The summed E-state index contributed by atoms with van der Waals surface area (Å²) in [5.74, 6) is 3.41. The molecule has 0 aliphatic heterocycles. The van der Waals surface area contributed by atoms with Crippen molar-refractivity contribution in [3.05, 3.63) is 57.6 Å². The number of benzene rings is 2. The number of phenolic OH excluding ortho intramolecular Hbond substituents is 2. The van der Waals surface area contributed by atoms with Gasteiger partial charge in [-0.1, -0.05) is 72.2 Å². The Labute approximate surface area is 225 Å². The van der Waals surface area contributed by atoms with Crippen molar-refractivity contribution in [2.24, 2.45) is 0 Å². The van der Waals surface area contributed by atoms with E-state index in [1.807, 2.05) is 13.8 Å². The van der Waals surface area contributed by atoms with Crippen LogP contribution in [0.3, 0.4) is 0 Å². The van der Waals surface area contributed by atoms with E-state index in [1.165, 1.54) is 11.1 Å². The van der Waals surface area contributed by atoms with Gasteiger partial charge in [-0.15, -0.1) is 0 Å². The Bertz CT molecular complexity index is 903. The molecule has 2 nitrogen and oxygen atoms in total. The molecule has 2 aromatic carbocycles. The molecule has 0 aliphatic carbocycles. The Morgan fingerprint density at radius 1 is 0.629 bits per heavy atom. The van der Waals surface area contributed by atoms with Crippen molar-refractivity contribution in [2.45, 2.75) is 110 Å². The minimum absolute atomic E-state index is 0.102. The Morgan fingerprint density at radius 2 is 0.971 bits per heavy atom. The van der Waals surface area contributed by atoms with Crippen molar-refractivity contribution >= 4 is 25.3 Å². The van der Waals surface area contributed by atoms with Crippen LogP contribution in [-0.2, 0) is 10.8 Å². The zero-order valence-electron chi connectivity index (χ0n) is 23.2. The van der Waals surface area contributed by atoms with Gasteiger partial charge in [0.05, 0.1) is 0 Å². The molecular weight excluding hydrogens is 468 g/mol. The van der Waals surface area contributed by atoms with Gasteiger partial charge in [-0.25, -0.2) is 0 Å². The summed E-state index contributed by atoms with van der Waals surface area (Å²) in [4.78, 5) is 0. The smallest absolute Gasteiger partial charge is 0.122 e. The molecule has 0 amide bonds. The summed E-state index contributed by atoms with van der Waals surface area (Å²) in [5.41, 5.74) is 6.40. The number of hydrogen-bond donors (Lipinski definition) is 4. The van der Waals surface area contributed by atoms with Crippen LogP contribution < -0.4 is 0 Å². The summed E-state index contributed by atoms with van der Waals surface area (Å²) in [6, 6.07) is 8.78. The van der Waals surface area contributed by atoms with Crippen LogP contribution in [0.25, 0.3) is 0 Å². The van der Waals surface area contributed by atoms with E-state index in [0.29, 0.717) is 23.3 Å². The second-order valence-electron chi connectivity index (χ2n) is 12.3. The number of phenols is 2. The molecule has 4 heteroatoms. The molecule has 2 aromatic rings. The van der Waals surface area contributed by atoms with Crippen LogP contribution in [0.15, 0.2) is 24.3 Å². The van der Waals surface area contributed by atoms with Crippen LogP contribution in [0.5, 0.6) is 11.5 Å². The minimum atomic E-state index is -0.102. The lowest BCUT2D eigenvalue weighted by molar-refractivity contribution is 0.440. The lowest BCUT2D eigenvalue weighted by Gasteiger charge is -2.27. The standard InChI is InChI=1S/C31H48O2S2/c1-20-16-24(18-26(28(20)32)30(3,4)5)22(12-14-34)10-9-11-23(13-15-35)25-17-21(2)29(33)27(19-25)31(6,7)8/h16-19,22-23,32-35H,9-15H2,1-8H3. The first kappa shape index (κ1) is 30.0. The molecule has 0 saturated carbocycles. The van der Waals surface area contributed by atoms with Gasteiger partial charge in [-0.3, -0.25) is 0 Å². The van der Waals surface area contributed by atoms with E-state index in [2.05, 4.69) is 91.1 Å². The first-order valence-electron chi connectivity index (χ1n) is 13.1. The fraction of sp³-hybridized carbons (Fsp3) is 0.613. The Kier molecular flexibility index (Phi) is 10.5. The van der Waals surface area contributed by atoms with Gasteiger partial charge in [0.25, 0.3) is 0 Å². The predicted octanol–water partition coefficient (Wildman–Crippen LogP) is 8.99. The van der Waals surface area contributed by atoms with Crippen molar-refractivity contribution in [2.75, 3.05) is 11.5 Å². The van der Waals surface area contributed by atoms with Gasteiger partial charge in [0.1, 0.15) is 11.5 Å². The average molecular weight is 517 g/mol. The van der Waals surface area contributed by atoms with Crippen molar-refractivity contribution in [1.82, 2.24) is 0 Å². The molecule has 0 heterocycles. The van der Waals surface area contributed by atoms with E-state index in [4.69, 9.17) is 0 Å². The minimum Gasteiger partial charge on any atom is -0.507 e. The fourth-order valence-corrected chi connectivity index (χ4v) is 5.73. The molecule has 0 radical (unpaired) electrons. The first-order valence-corrected chi connectivity index (χ1v) is 14.4. The van der Waals surface area contributed by atoms with Crippen LogP contribution in [0.1, 0.15) is 119 Å². The van der Waals surface area contributed by atoms with Crippen LogP contribution in [-0.4, -0.2) is 21.7 Å². The van der Waals surface area contributed by atoms with E-state index in [9.17, 15) is 10.2 Å². The summed E-state index contributed by atoms with van der Waals surface area (Å²) < 4.78 is 0. The monoisotopic (exact) mass is 516 g/mol. The largest absolute Gasteiger partial charge is 0.507 e. The lowest BCUT2D eigenvalue weighted by atomic mass is 9.79. The summed E-state index contributed by atoms with van der Waals surface area (Å²) in [7, 11) is 0. The van der Waals surface area contributed by atoms with Crippen LogP contribution in [0, 0.1) is 13.8 Å². The van der Waals surface area contributed by atoms with E-state index < -0.39 is 0 Å². The lowest BCUT2D eigenvalue weighted by Crippen LogP contribution is -2.14. The Balaban J connectivity index is 2.28. The Hall–Kier alpha value is -1.26. The topological polar surface area (TPSA) is 40.5 Å². The summed E-state index contributed by atoms with van der Waals surface area (Å²) in [5, 5.41) is 21.4. The molecule has 0 aliphatic rings. The highest BCUT2D eigenvalue weighted by atomic mass is 32.1. The fourth-order valence-electron chi connectivity index (χ4n) is 5.11. The van der Waals surface area contributed by atoms with Crippen molar-refractivity contribution < 1.29 is 10.2 Å². The quantitative estimate of drug-likeness (QED) is 0.238. The van der Waals surface area contributed by atoms with E-state index in [1.54, 1.807) is 0 Å². The highest BCUT2D eigenvalue weighted by Gasteiger charge is 2.24. The molecule has 0 saturated heterocycles. The number of hydrogen-bond acceptors (Lipinski definition) is 4. The maximum absolute atomic E-state index is 10.7. The van der Waals surface area contributed by atoms with Gasteiger partial charge in [0, 0.05) is 0 Å². The third-order valence-corrected chi connectivity index (χ3v) is 7.78. The van der Waals surface area contributed by atoms with E-state index >= 15 is 0 Å². The number of rotatable bonds is 10. The summed E-state index contributed by atoms with van der Waals surface area (Å²) in [6.45, 7) is 17.0. The van der Waals surface area contributed by atoms with Crippen LogP contribution in [0.4, 0.5) is 0 Å². The van der Waals surface area contributed by atoms with E-state index in [0.717, 1.165) is 65.9 Å². The number of aromatic hydroxyl groups is 2. The van der Waals surface area contributed by atoms with Crippen molar-refractivity contribution in [3.8, 4) is 11.5 Å². The van der Waals surface area contributed by atoms with Gasteiger partial charge >= 0.3 is 0 Å². The molecule has 2 N–H and O–H groups in total. The zero-order valence-corrected chi connectivity index (χ0v) is 25.0. The molecule has 0 aromatic heterocycles. The molecule has 35 heavy (non-hydrogen) atoms. The highest BCUT2D eigenvalue weighted by molar-refractivity contribution is 7.80. The summed E-state index contributed by atoms with van der Waals surface area (Å²) in [6.07, 6.45) is 5.37. The van der Waals surface area contributed by atoms with Gasteiger partial charge < -0.3 is 10.2 Å². The van der Waals surface area contributed by atoms with Gasteiger partial charge in [0.15, 0.2) is 0 Å². The Morgan fingerprint density at radius 3 is 1.26 bits per heavy atom. The molecule has 196 valence electrons. The third-order valence-electron chi connectivity index (χ3n) is 7.26. The van der Waals surface area contributed by atoms with Gasteiger partial charge in [-0.05, 0) is 107 Å². The van der Waals surface area contributed by atoms with Crippen molar-refractivity contribution in [3.63, 3.8) is 0 Å². The van der Waals surface area contributed by atoms with Crippen LogP contribution >= 0.6 is 25.3 Å². The molecule has 0 fully saturated rings. The van der Waals surface area contributed by atoms with Gasteiger partial charge in [-0.2, -0.15) is 25.3 Å². The zero-order chi connectivity index (χ0) is 26.6. The maximum atomic E-state index is 10.7. The first-order chi connectivity index (χ1) is 16.2. The molecule has 2 atom stereocenters. The number of aryl methyl sites for hydroxylation is 2. The number of thiol groups is 2. The normalized spacial score (nSPS) is 14.2. The second-order valence-corrected chi connectivity index (χ2v) is 13.2. The molecular formula is C31H48O2S2. The third kappa shape index (κ3) is 7.86. The van der Waals surface area contributed by atoms with Crippen LogP contribution in [0.2, 0.25) is 0 Å². The second kappa shape index (κ2) is 12.3. The highest BCUT2D eigenvalue weighted by Crippen LogP contribution is 2.40. The predicted molar refractivity (Wildman–Crippen MR) is 159 cm³/mol. The average Bonchev–Trinajstić information content (AvgIpc) is 2.74. The maximum Gasteiger partial charge on any atom is 0.122 e. The van der Waals surface area contributed by atoms with E-state index in [-0.39, 0.29) is 10.8 Å².